The van der Waals surface area contributed by atoms with Gasteiger partial charge in [-0.2, -0.15) is 0 Å². The Kier molecular flexibility index (Phi) is 5.03. The Morgan fingerprint density at radius 1 is 1.15 bits per heavy atom. The van der Waals surface area contributed by atoms with E-state index in [0.29, 0.717) is 12.1 Å². The highest BCUT2D eigenvalue weighted by Gasteiger charge is 2.43. The van der Waals surface area contributed by atoms with E-state index in [4.69, 9.17) is 0 Å². The maximum Gasteiger partial charge on any atom is 0.263 e. The molecule has 0 aliphatic carbocycles. The summed E-state index contributed by atoms with van der Waals surface area (Å²) in [5.74, 6) is -1.41. The average molecular weight is 390 g/mol. The molecule has 2 aliphatic rings. The number of halogens is 2. The third-order valence-corrected chi connectivity index (χ3v) is 6.83. The van der Waals surface area contributed by atoms with E-state index in [1.165, 1.54) is 0 Å². The zero-order valence-corrected chi connectivity index (χ0v) is 16.3. The minimum atomic E-state index is -0.789. The van der Waals surface area contributed by atoms with Crippen molar-refractivity contribution in [2.75, 3.05) is 26.2 Å². The highest BCUT2D eigenvalue weighted by atomic mass is 32.1. The summed E-state index contributed by atoms with van der Waals surface area (Å²) in [4.78, 5) is 18.9. The van der Waals surface area contributed by atoms with Crippen molar-refractivity contribution in [3.63, 3.8) is 0 Å². The Morgan fingerprint density at radius 2 is 2.00 bits per heavy atom. The summed E-state index contributed by atoms with van der Waals surface area (Å²) in [6.07, 6.45) is 3.09. The quantitative estimate of drug-likeness (QED) is 0.772. The van der Waals surface area contributed by atoms with E-state index < -0.39 is 11.6 Å². The van der Waals surface area contributed by atoms with Crippen LogP contribution >= 0.6 is 11.3 Å². The molecule has 3 heterocycles. The molecule has 2 aliphatic heterocycles. The van der Waals surface area contributed by atoms with Crippen molar-refractivity contribution in [1.29, 1.82) is 0 Å². The largest absolute Gasteiger partial charge is 0.337 e. The van der Waals surface area contributed by atoms with Crippen LogP contribution in [-0.4, -0.2) is 41.9 Å². The van der Waals surface area contributed by atoms with Gasteiger partial charge in [0.2, 0.25) is 0 Å². The summed E-state index contributed by atoms with van der Waals surface area (Å²) in [6.45, 7) is 5.68. The molecule has 0 radical (unpaired) electrons. The SMILES string of the molecule is Cc1ccc(C(=O)N2CCC3(CCCN(Cc4cccc(F)c4F)C3)C2)s1. The molecule has 0 saturated carbocycles. The molecule has 1 aromatic carbocycles. The Balaban J connectivity index is 1.43. The van der Waals surface area contributed by atoms with Crippen molar-refractivity contribution in [1.82, 2.24) is 9.80 Å². The van der Waals surface area contributed by atoms with E-state index in [1.54, 1.807) is 23.5 Å². The number of hydrogen-bond donors (Lipinski definition) is 0. The summed E-state index contributed by atoms with van der Waals surface area (Å²) in [6, 6.07) is 8.27. The molecule has 4 rings (SSSR count). The van der Waals surface area contributed by atoms with Crippen LogP contribution in [0.3, 0.4) is 0 Å². The van der Waals surface area contributed by atoms with E-state index in [-0.39, 0.29) is 11.3 Å². The van der Waals surface area contributed by atoms with Crippen molar-refractivity contribution >= 4 is 17.2 Å². The first kappa shape index (κ1) is 18.6. The van der Waals surface area contributed by atoms with Gasteiger partial charge in [0.25, 0.3) is 5.91 Å². The summed E-state index contributed by atoms with van der Waals surface area (Å²) in [5, 5.41) is 0. The van der Waals surface area contributed by atoms with Gasteiger partial charge in [-0.3, -0.25) is 9.69 Å². The van der Waals surface area contributed by atoms with Gasteiger partial charge in [-0.25, -0.2) is 8.78 Å². The van der Waals surface area contributed by atoms with Crippen LogP contribution in [0.2, 0.25) is 0 Å². The number of thiophene rings is 1. The van der Waals surface area contributed by atoms with Gasteiger partial charge in [0.15, 0.2) is 11.6 Å². The number of carbonyl (C=O) groups excluding carboxylic acids is 1. The lowest BCUT2D eigenvalue weighted by Gasteiger charge is -2.40. The molecule has 0 N–H and O–H groups in total. The maximum absolute atomic E-state index is 14.0. The molecule has 27 heavy (non-hydrogen) atoms. The Morgan fingerprint density at radius 3 is 2.78 bits per heavy atom. The molecule has 6 heteroatoms. The van der Waals surface area contributed by atoms with Gasteiger partial charge in [0, 0.05) is 42.0 Å². The van der Waals surface area contributed by atoms with E-state index >= 15 is 0 Å². The van der Waals surface area contributed by atoms with Crippen molar-refractivity contribution in [3.8, 4) is 0 Å². The molecule has 1 unspecified atom stereocenters. The first-order chi connectivity index (χ1) is 13.0. The molecule has 2 aromatic rings. The standard InChI is InChI=1S/C21H24F2N2OS/c1-15-6-7-18(27-15)20(26)25-11-9-21(14-25)8-3-10-24(13-21)12-16-4-2-5-17(22)19(16)23/h2,4-7H,3,8-14H2,1H3. The zero-order chi connectivity index (χ0) is 19.0. The molecule has 1 spiro atoms. The van der Waals surface area contributed by atoms with Gasteiger partial charge < -0.3 is 4.90 Å². The van der Waals surface area contributed by atoms with Crippen LogP contribution < -0.4 is 0 Å². The molecule has 2 saturated heterocycles. The van der Waals surface area contributed by atoms with Crippen molar-refractivity contribution < 1.29 is 13.6 Å². The fourth-order valence-electron chi connectivity index (χ4n) is 4.50. The second kappa shape index (κ2) is 7.32. The van der Waals surface area contributed by atoms with Gasteiger partial charge in [-0.1, -0.05) is 12.1 Å². The van der Waals surface area contributed by atoms with Gasteiger partial charge >= 0.3 is 0 Å². The van der Waals surface area contributed by atoms with Gasteiger partial charge in [0.05, 0.1) is 4.88 Å². The van der Waals surface area contributed by atoms with E-state index in [1.807, 2.05) is 24.0 Å². The number of piperidine rings is 1. The van der Waals surface area contributed by atoms with Crippen molar-refractivity contribution in [3.05, 3.63) is 57.3 Å². The first-order valence-corrected chi connectivity index (χ1v) is 10.3. The molecule has 0 bridgehead atoms. The molecule has 1 amide bonds. The number of amides is 1. The van der Waals surface area contributed by atoms with Crippen LogP contribution in [0.4, 0.5) is 8.78 Å². The monoisotopic (exact) mass is 390 g/mol. The molecule has 1 aromatic heterocycles. The van der Waals surface area contributed by atoms with E-state index in [9.17, 15) is 13.6 Å². The van der Waals surface area contributed by atoms with Crippen LogP contribution in [0.15, 0.2) is 30.3 Å². The molecular weight excluding hydrogens is 366 g/mol. The predicted octanol–water partition coefficient (Wildman–Crippen LogP) is 4.46. The fraction of sp³-hybridized carbons (Fsp3) is 0.476. The summed E-state index contributed by atoms with van der Waals surface area (Å²) in [5.41, 5.74) is 0.483. The first-order valence-electron chi connectivity index (χ1n) is 9.47. The van der Waals surface area contributed by atoms with Crippen LogP contribution in [0, 0.1) is 24.0 Å². The normalized spacial score (nSPS) is 23.3. The smallest absolute Gasteiger partial charge is 0.263 e. The van der Waals surface area contributed by atoms with Gasteiger partial charge in [-0.05, 0) is 50.9 Å². The number of aryl methyl sites for hydroxylation is 1. The molecule has 3 nitrogen and oxygen atoms in total. The third kappa shape index (κ3) is 3.78. The second-order valence-corrected chi connectivity index (χ2v) is 9.20. The lowest BCUT2D eigenvalue weighted by molar-refractivity contribution is 0.0676. The number of rotatable bonds is 3. The molecular formula is C21H24F2N2OS. The highest BCUT2D eigenvalue weighted by molar-refractivity contribution is 7.13. The number of likely N-dealkylation sites (tertiary alicyclic amines) is 2. The zero-order valence-electron chi connectivity index (χ0n) is 15.5. The van der Waals surface area contributed by atoms with Crippen molar-refractivity contribution in [2.24, 2.45) is 5.41 Å². The second-order valence-electron chi connectivity index (χ2n) is 7.91. The van der Waals surface area contributed by atoms with E-state index in [2.05, 4.69) is 4.90 Å². The Hall–Kier alpha value is -1.79. The maximum atomic E-state index is 14.0. The van der Waals surface area contributed by atoms with Crippen molar-refractivity contribution in [2.45, 2.75) is 32.7 Å². The molecule has 1 atom stereocenters. The third-order valence-electron chi connectivity index (χ3n) is 5.84. The predicted molar refractivity (Wildman–Crippen MR) is 103 cm³/mol. The summed E-state index contributed by atoms with van der Waals surface area (Å²) >= 11 is 1.54. The topological polar surface area (TPSA) is 23.6 Å². The number of hydrogen-bond acceptors (Lipinski definition) is 3. The van der Waals surface area contributed by atoms with Crippen LogP contribution in [0.5, 0.6) is 0 Å². The van der Waals surface area contributed by atoms with Crippen LogP contribution in [0.25, 0.3) is 0 Å². The number of benzene rings is 1. The van der Waals surface area contributed by atoms with Gasteiger partial charge in [0.1, 0.15) is 0 Å². The lowest BCUT2D eigenvalue weighted by atomic mass is 9.79. The van der Waals surface area contributed by atoms with Crippen LogP contribution in [-0.2, 0) is 6.54 Å². The Bertz CT molecular complexity index is 852. The molecule has 2 fully saturated rings. The fourth-order valence-corrected chi connectivity index (χ4v) is 5.34. The van der Waals surface area contributed by atoms with Gasteiger partial charge in [-0.15, -0.1) is 11.3 Å². The Labute approximate surface area is 162 Å². The highest BCUT2D eigenvalue weighted by Crippen LogP contribution is 2.40. The lowest BCUT2D eigenvalue weighted by Crippen LogP contribution is -2.45. The molecule has 144 valence electrons. The van der Waals surface area contributed by atoms with Crippen LogP contribution in [0.1, 0.15) is 39.4 Å². The average Bonchev–Trinajstić information content (AvgIpc) is 3.25. The van der Waals surface area contributed by atoms with E-state index in [0.717, 1.165) is 61.3 Å². The summed E-state index contributed by atoms with van der Waals surface area (Å²) in [7, 11) is 0. The minimum absolute atomic E-state index is 0.0734. The summed E-state index contributed by atoms with van der Waals surface area (Å²) < 4.78 is 27.5. The number of carbonyl (C=O) groups is 1. The number of nitrogens with zero attached hydrogens (tertiary/aromatic N) is 2. The minimum Gasteiger partial charge on any atom is -0.337 e.